The van der Waals surface area contributed by atoms with E-state index in [1.54, 1.807) is 31.2 Å². The van der Waals surface area contributed by atoms with E-state index in [9.17, 15) is 9.50 Å². The van der Waals surface area contributed by atoms with Gasteiger partial charge < -0.3 is 10.8 Å². The van der Waals surface area contributed by atoms with Gasteiger partial charge in [-0.1, -0.05) is 28.1 Å². The summed E-state index contributed by atoms with van der Waals surface area (Å²) in [6.07, 6.45) is -0.859. The molecule has 1 unspecified atom stereocenters. The van der Waals surface area contributed by atoms with Crippen molar-refractivity contribution in [2.45, 2.75) is 13.0 Å². The number of nitrogen functional groups attached to an aromatic ring is 1. The summed E-state index contributed by atoms with van der Waals surface area (Å²) in [4.78, 5) is 0. The molecule has 0 spiro atoms. The minimum absolute atomic E-state index is 0.284. The van der Waals surface area contributed by atoms with Crippen LogP contribution in [0.15, 0.2) is 40.9 Å². The van der Waals surface area contributed by atoms with Crippen LogP contribution in [0.1, 0.15) is 22.8 Å². The van der Waals surface area contributed by atoms with Crippen LogP contribution < -0.4 is 5.73 Å². The van der Waals surface area contributed by atoms with Gasteiger partial charge in [-0.2, -0.15) is 0 Å². The second kappa shape index (κ2) is 5.08. The highest BCUT2D eigenvalue weighted by Gasteiger charge is 2.14. The Hall–Kier alpha value is -1.39. The number of benzene rings is 2. The van der Waals surface area contributed by atoms with Crippen LogP contribution >= 0.6 is 15.9 Å². The van der Waals surface area contributed by atoms with Gasteiger partial charge in [-0.15, -0.1) is 0 Å². The predicted molar refractivity (Wildman–Crippen MR) is 73.8 cm³/mol. The predicted octanol–water partition coefficient (Wildman–Crippen LogP) is 3.56. The third-order valence-electron chi connectivity index (χ3n) is 2.84. The third-order valence-corrected chi connectivity index (χ3v) is 3.33. The van der Waals surface area contributed by atoms with Gasteiger partial charge in [0.15, 0.2) is 0 Å². The first-order chi connectivity index (χ1) is 8.49. The van der Waals surface area contributed by atoms with Gasteiger partial charge in [0, 0.05) is 15.7 Å². The quantitative estimate of drug-likeness (QED) is 0.833. The molecule has 0 aliphatic heterocycles. The Morgan fingerprint density at radius 3 is 2.61 bits per heavy atom. The van der Waals surface area contributed by atoms with Crippen LogP contribution in [0.2, 0.25) is 0 Å². The van der Waals surface area contributed by atoms with Crippen LogP contribution in [0.4, 0.5) is 10.1 Å². The maximum atomic E-state index is 13.2. The van der Waals surface area contributed by atoms with Crippen molar-refractivity contribution in [2.75, 3.05) is 5.73 Å². The summed E-state index contributed by atoms with van der Waals surface area (Å²) in [6, 6.07) is 9.83. The van der Waals surface area contributed by atoms with Crippen LogP contribution in [0.5, 0.6) is 0 Å². The van der Waals surface area contributed by atoms with E-state index in [-0.39, 0.29) is 5.82 Å². The Morgan fingerprint density at radius 2 is 1.94 bits per heavy atom. The maximum Gasteiger partial charge on any atom is 0.126 e. The second-order valence-electron chi connectivity index (χ2n) is 4.18. The zero-order valence-electron chi connectivity index (χ0n) is 9.82. The highest BCUT2D eigenvalue weighted by atomic mass is 79.9. The van der Waals surface area contributed by atoms with Gasteiger partial charge in [0.2, 0.25) is 0 Å². The van der Waals surface area contributed by atoms with Crippen LogP contribution in [0.3, 0.4) is 0 Å². The molecule has 0 aliphatic carbocycles. The molecular weight excluding hydrogens is 297 g/mol. The summed E-state index contributed by atoms with van der Waals surface area (Å²) < 4.78 is 14.0. The minimum atomic E-state index is -0.859. The Balaban J connectivity index is 2.44. The SMILES string of the molecule is Cc1cc(C(O)c2cc(Br)ccc2N)ccc1F. The van der Waals surface area contributed by atoms with Crippen LogP contribution in [-0.4, -0.2) is 5.11 Å². The summed E-state index contributed by atoms with van der Waals surface area (Å²) in [7, 11) is 0. The van der Waals surface area contributed by atoms with Crippen molar-refractivity contribution in [3.8, 4) is 0 Å². The van der Waals surface area contributed by atoms with Crippen LogP contribution in [0, 0.1) is 12.7 Å². The van der Waals surface area contributed by atoms with Crippen molar-refractivity contribution in [1.82, 2.24) is 0 Å². The number of aliphatic hydroxyl groups is 1. The monoisotopic (exact) mass is 309 g/mol. The van der Waals surface area contributed by atoms with E-state index in [0.717, 1.165) is 4.47 Å². The van der Waals surface area contributed by atoms with Crippen LogP contribution in [-0.2, 0) is 0 Å². The lowest BCUT2D eigenvalue weighted by Crippen LogP contribution is -2.04. The van der Waals surface area contributed by atoms with Crippen LogP contribution in [0.25, 0.3) is 0 Å². The summed E-state index contributed by atoms with van der Waals surface area (Å²) in [5, 5.41) is 10.3. The maximum absolute atomic E-state index is 13.2. The molecule has 2 aromatic carbocycles. The number of rotatable bonds is 2. The van der Waals surface area contributed by atoms with Gasteiger partial charge in [-0.3, -0.25) is 0 Å². The molecule has 0 aliphatic rings. The van der Waals surface area contributed by atoms with Gasteiger partial charge in [0.25, 0.3) is 0 Å². The Labute approximate surface area is 113 Å². The Morgan fingerprint density at radius 1 is 1.22 bits per heavy atom. The molecule has 4 heteroatoms. The van der Waals surface area contributed by atoms with Crippen molar-refractivity contribution in [2.24, 2.45) is 0 Å². The topological polar surface area (TPSA) is 46.2 Å². The largest absolute Gasteiger partial charge is 0.398 e. The summed E-state index contributed by atoms with van der Waals surface area (Å²) in [5.74, 6) is -0.284. The standard InChI is InChI=1S/C14H13BrFNO/c1-8-6-9(2-4-12(8)16)14(18)11-7-10(15)3-5-13(11)17/h2-7,14,18H,17H2,1H3. The lowest BCUT2D eigenvalue weighted by atomic mass is 9.98. The zero-order valence-corrected chi connectivity index (χ0v) is 11.4. The first kappa shape index (κ1) is 13.1. The minimum Gasteiger partial charge on any atom is -0.398 e. The first-order valence-electron chi connectivity index (χ1n) is 5.48. The van der Waals surface area contributed by atoms with Crippen molar-refractivity contribution < 1.29 is 9.50 Å². The molecule has 0 saturated heterocycles. The second-order valence-corrected chi connectivity index (χ2v) is 5.10. The number of hydrogen-bond donors (Lipinski definition) is 2. The number of halogens is 2. The molecule has 0 heterocycles. The molecule has 0 aromatic heterocycles. The zero-order chi connectivity index (χ0) is 13.3. The summed E-state index contributed by atoms with van der Waals surface area (Å²) >= 11 is 3.34. The third kappa shape index (κ3) is 2.54. The van der Waals surface area contributed by atoms with Crippen molar-refractivity contribution >= 4 is 21.6 Å². The molecule has 3 N–H and O–H groups in total. The van der Waals surface area contributed by atoms with Crippen molar-refractivity contribution in [3.05, 3.63) is 63.4 Å². The van der Waals surface area contributed by atoms with Gasteiger partial charge in [-0.25, -0.2) is 4.39 Å². The van der Waals surface area contributed by atoms with Gasteiger partial charge in [0.1, 0.15) is 11.9 Å². The van der Waals surface area contributed by atoms with E-state index in [4.69, 9.17) is 5.73 Å². The highest BCUT2D eigenvalue weighted by Crippen LogP contribution is 2.29. The molecule has 0 amide bonds. The number of aliphatic hydroxyl groups excluding tert-OH is 1. The van der Waals surface area contributed by atoms with Crippen molar-refractivity contribution in [1.29, 1.82) is 0 Å². The lowest BCUT2D eigenvalue weighted by molar-refractivity contribution is 0.221. The average molecular weight is 310 g/mol. The molecule has 2 aromatic rings. The molecule has 2 rings (SSSR count). The van der Waals surface area contributed by atoms with Gasteiger partial charge in [-0.05, 0) is 42.3 Å². The molecule has 1 atom stereocenters. The van der Waals surface area contributed by atoms with Gasteiger partial charge in [0.05, 0.1) is 0 Å². The van der Waals surface area contributed by atoms with E-state index in [1.165, 1.54) is 6.07 Å². The fraction of sp³-hybridized carbons (Fsp3) is 0.143. The fourth-order valence-corrected chi connectivity index (χ4v) is 2.18. The van der Waals surface area contributed by atoms with Gasteiger partial charge >= 0.3 is 0 Å². The molecular formula is C14H13BrFNO. The number of hydrogen-bond acceptors (Lipinski definition) is 2. The molecule has 0 radical (unpaired) electrons. The molecule has 2 nitrogen and oxygen atoms in total. The number of nitrogens with two attached hydrogens (primary N) is 1. The summed E-state index contributed by atoms with van der Waals surface area (Å²) in [5.41, 5.74) is 8.08. The normalized spacial score (nSPS) is 12.4. The van der Waals surface area contributed by atoms with E-state index >= 15 is 0 Å². The van der Waals surface area contributed by atoms with E-state index < -0.39 is 6.10 Å². The molecule has 0 bridgehead atoms. The first-order valence-corrected chi connectivity index (χ1v) is 6.27. The van der Waals surface area contributed by atoms with E-state index in [1.807, 2.05) is 6.07 Å². The Kier molecular flexibility index (Phi) is 3.68. The molecule has 94 valence electrons. The highest BCUT2D eigenvalue weighted by molar-refractivity contribution is 9.10. The molecule has 18 heavy (non-hydrogen) atoms. The number of aryl methyl sites for hydroxylation is 1. The summed E-state index contributed by atoms with van der Waals surface area (Å²) in [6.45, 7) is 1.66. The molecule has 0 fully saturated rings. The van der Waals surface area contributed by atoms with Crippen molar-refractivity contribution in [3.63, 3.8) is 0 Å². The number of anilines is 1. The average Bonchev–Trinajstić information content (AvgIpc) is 2.35. The molecule has 0 saturated carbocycles. The Bertz CT molecular complexity index is 586. The van der Waals surface area contributed by atoms with E-state index in [2.05, 4.69) is 15.9 Å². The van der Waals surface area contributed by atoms with E-state index in [0.29, 0.717) is 22.4 Å². The lowest BCUT2D eigenvalue weighted by Gasteiger charge is -2.15. The fourth-order valence-electron chi connectivity index (χ4n) is 1.80. The smallest absolute Gasteiger partial charge is 0.126 e.